The summed E-state index contributed by atoms with van der Waals surface area (Å²) in [7, 11) is 0. The van der Waals surface area contributed by atoms with Gasteiger partial charge in [0.2, 0.25) is 5.91 Å². The molecular formula is C23H32FNO. The summed E-state index contributed by atoms with van der Waals surface area (Å²) in [6.45, 7) is 4.92. The Morgan fingerprint density at radius 3 is 2.69 bits per heavy atom. The Morgan fingerprint density at radius 1 is 1.23 bits per heavy atom. The maximum atomic E-state index is 13.7. The van der Waals surface area contributed by atoms with Gasteiger partial charge in [0.05, 0.1) is 5.41 Å². The molecule has 1 aromatic carbocycles. The molecule has 1 amide bonds. The number of nitrogens with zero attached hydrogens (tertiary/aromatic N) is 1. The number of rotatable bonds is 5. The predicted octanol–water partition coefficient (Wildman–Crippen LogP) is 5.86. The van der Waals surface area contributed by atoms with E-state index in [1.54, 1.807) is 12.2 Å². The van der Waals surface area contributed by atoms with Crippen LogP contribution in [0.3, 0.4) is 0 Å². The first kappa shape index (κ1) is 19.1. The highest BCUT2D eigenvalue weighted by Gasteiger charge is 2.47. The van der Waals surface area contributed by atoms with Crippen LogP contribution in [0.2, 0.25) is 0 Å². The molecule has 2 nitrogen and oxygen atoms in total. The van der Waals surface area contributed by atoms with Crippen molar-refractivity contribution >= 4 is 11.6 Å². The van der Waals surface area contributed by atoms with Crippen LogP contribution in [0.1, 0.15) is 64.4 Å². The summed E-state index contributed by atoms with van der Waals surface area (Å²) in [5.74, 6) is 1.11. The Kier molecular flexibility index (Phi) is 6.16. The molecule has 3 heteroatoms. The fourth-order valence-corrected chi connectivity index (χ4v) is 4.73. The molecule has 3 unspecified atom stereocenters. The van der Waals surface area contributed by atoms with Gasteiger partial charge in [0, 0.05) is 18.7 Å². The lowest BCUT2D eigenvalue weighted by Crippen LogP contribution is -2.34. The standard InChI is InChI=1S/C23H32FNO/c1-3-6-20(24)17-19-8-10-21(11-9-19)25-16-15-23(22(25)26)13-5-7-18(4-2)12-14-23/h3,6,8-11,18,20H,4-5,7,12-17H2,1-2H3. The van der Waals surface area contributed by atoms with Crippen molar-refractivity contribution in [1.29, 1.82) is 0 Å². The number of carbonyl (C=O) groups is 1. The van der Waals surface area contributed by atoms with Crippen LogP contribution in [-0.2, 0) is 11.2 Å². The fourth-order valence-electron chi connectivity index (χ4n) is 4.73. The van der Waals surface area contributed by atoms with Gasteiger partial charge >= 0.3 is 0 Å². The van der Waals surface area contributed by atoms with Crippen molar-refractivity contribution < 1.29 is 9.18 Å². The Balaban J connectivity index is 1.68. The van der Waals surface area contributed by atoms with Gasteiger partial charge in [0.1, 0.15) is 6.17 Å². The van der Waals surface area contributed by atoms with Crippen molar-refractivity contribution in [3.63, 3.8) is 0 Å². The van der Waals surface area contributed by atoms with E-state index in [1.807, 2.05) is 36.1 Å². The topological polar surface area (TPSA) is 20.3 Å². The molecule has 0 aromatic heterocycles. The quantitative estimate of drug-likeness (QED) is 0.605. The van der Waals surface area contributed by atoms with Crippen LogP contribution >= 0.6 is 0 Å². The molecule has 26 heavy (non-hydrogen) atoms. The minimum absolute atomic E-state index is 0.126. The molecule has 0 radical (unpaired) electrons. The molecule has 0 bridgehead atoms. The van der Waals surface area contributed by atoms with Crippen LogP contribution in [0.25, 0.3) is 0 Å². The minimum Gasteiger partial charge on any atom is -0.312 e. The molecule has 2 fully saturated rings. The number of amides is 1. The second-order valence-corrected chi connectivity index (χ2v) is 8.10. The summed E-state index contributed by atoms with van der Waals surface area (Å²) in [4.78, 5) is 15.2. The first-order valence-electron chi connectivity index (χ1n) is 10.3. The van der Waals surface area contributed by atoms with Gasteiger partial charge < -0.3 is 4.90 Å². The number of allylic oxidation sites excluding steroid dienone is 2. The molecule has 1 saturated heterocycles. The van der Waals surface area contributed by atoms with Gasteiger partial charge in [0.25, 0.3) is 0 Å². The van der Waals surface area contributed by atoms with Gasteiger partial charge in [0.15, 0.2) is 0 Å². The van der Waals surface area contributed by atoms with Crippen LogP contribution in [0.4, 0.5) is 10.1 Å². The second kappa shape index (κ2) is 8.37. The Labute approximate surface area is 157 Å². The highest BCUT2D eigenvalue weighted by Crippen LogP contribution is 2.46. The third-order valence-electron chi connectivity index (χ3n) is 6.47. The van der Waals surface area contributed by atoms with E-state index < -0.39 is 6.17 Å². The average molecular weight is 358 g/mol. The first-order chi connectivity index (χ1) is 12.6. The molecule has 2 aliphatic rings. The van der Waals surface area contributed by atoms with E-state index in [0.717, 1.165) is 43.0 Å². The summed E-state index contributed by atoms with van der Waals surface area (Å²) in [5.41, 5.74) is 1.81. The molecule has 3 atom stereocenters. The molecule has 0 N–H and O–H groups in total. The van der Waals surface area contributed by atoms with Crippen molar-refractivity contribution in [2.45, 2.75) is 71.4 Å². The number of halogens is 1. The summed E-state index contributed by atoms with van der Waals surface area (Å²) in [6.07, 6.45) is 10.7. The first-order valence-corrected chi connectivity index (χ1v) is 10.3. The SMILES string of the molecule is CC=CC(F)Cc1ccc(N2CCC3(CCCC(CC)CC3)C2=O)cc1. The van der Waals surface area contributed by atoms with Gasteiger partial charge in [-0.1, -0.05) is 50.5 Å². The summed E-state index contributed by atoms with van der Waals surface area (Å²) in [6, 6.07) is 7.90. The summed E-state index contributed by atoms with van der Waals surface area (Å²) >= 11 is 0. The van der Waals surface area contributed by atoms with Crippen molar-refractivity contribution in [3.05, 3.63) is 42.0 Å². The van der Waals surface area contributed by atoms with Gasteiger partial charge in [-0.05, 0) is 56.2 Å². The number of benzene rings is 1. The van der Waals surface area contributed by atoms with Gasteiger partial charge in [-0.3, -0.25) is 4.79 Å². The van der Waals surface area contributed by atoms with E-state index in [-0.39, 0.29) is 5.41 Å². The van der Waals surface area contributed by atoms with Crippen LogP contribution in [-0.4, -0.2) is 18.6 Å². The number of carbonyl (C=O) groups excluding carboxylic acids is 1. The minimum atomic E-state index is -0.944. The van der Waals surface area contributed by atoms with Crippen LogP contribution < -0.4 is 4.90 Å². The molecule has 1 aromatic rings. The molecule has 1 aliphatic heterocycles. The average Bonchev–Trinajstić information content (AvgIpc) is 2.82. The zero-order chi connectivity index (χ0) is 18.6. The lowest BCUT2D eigenvalue weighted by Gasteiger charge is -2.26. The Morgan fingerprint density at radius 2 is 2.00 bits per heavy atom. The van der Waals surface area contributed by atoms with Crippen molar-refractivity contribution in [3.8, 4) is 0 Å². The molecule has 142 valence electrons. The van der Waals surface area contributed by atoms with Crippen LogP contribution in [0.15, 0.2) is 36.4 Å². The second-order valence-electron chi connectivity index (χ2n) is 8.10. The third kappa shape index (κ3) is 4.02. The van der Waals surface area contributed by atoms with E-state index in [2.05, 4.69) is 6.92 Å². The van der Waals surface area contributed by atoms with Crippen LogP contribution in [0, 0.1) is 11.3 Å². The third-order valence-corrected chi connectivity index (χ3v) is 6.47. The Hall–Kier alpha value is -1.64. The molecule has 1 spiro atoms. The lowest BCUT2D eigenvalue weighted by molar-refractivity contribution is -0.126. The number of alkyl halides is 1. The number of anilines is 1. The number of hydrogen-bond donors (Lipinski definition) is 0. The zero-order valence-electron chi connectivity index (χ0n) is 16.2. The molecule has 1 heterocycles. The molecule has 1 saturated carbocycles. The zero-order valence-corrected chi connectivity index (χ0v) is 16.2. The van der Waals surface area contributed by atoms with Crippen LogP contribution in [0.5, 0.6) is 0 Å². The van der Waals surface area contributed by atoms with Gasteiger partial charge in [-0.15, -0.1) is 0 Å². The largest absolute Gasteiger partial charge is 0.312 e. The smallest absolute Gasteiger partial charge is 0.233 e. The maximum absolute atomic E-state index is 13.7. The fraction of sp³-hybridized carbons (Fsp3) is 0.609. The Bertz CT molecular complexity index is 638. The normalized spacial score (nSPS) is 28.0. The highest BCUT2D eigenvalue weighted by molar-refractivity contribution is 5.99. The highest BCUT2D eigenvalue weighted by atomic mass is 19.1. The monoisotopic (exact) mass is 357 g/mol. The lowest BCUT2D eigenvalue weighted by atomic mass is 9.78. The summed E-state index contributed by atoms with van der Waals surface area (Å²) in [5, 5.41) is 0. The van der Waals surface area contributed by atoms with Crippen molar-refractivity contribution in [2.75, 3.05) is 11.4 Å². The predicted molar refractivity (Wildman–Crippen MR) is 106 cm³/mol. The molecular weight excluding hydrogens is 325 g/mol. The van der Waals surface area contributed by atoms with Crippen molar-refractivity contribution in [2.24, 2.45) is 11.3 Å². The molecule has 3 rings (SSSR count). The summed E-state index contributed by atoms with van der Waals surface area (Å²) < 4.78 is 13.7. The number of hydrogen-bond acceptors (Lipinski definition) is 1. The van der Waals surface area contributed by atoms with E-state index in [0.29, 0.717) is 12.3 Å². The van der Waals surface area contributed by atoms with E-state index in [1.165, 1.54) is 25.7 Å². The van der Waals surface area contributed by atoms with E-state index in [4.69, 9.17) is 0 Å². The van der Waals surface area contributed by atoms with E-state index in [9.17, 15) is 9.18 Å². The van der Waals surface area contributed by atoms with Gasteiger partial charge in [-0.25, -0.2) is 4.39 Å². The van der Waals surface area contributed by atoms with Gasteiger partial charge in [-0.2, -0.15) is 0 Å². The van der Waals surface area contributed by atoms with E-state index >= 15 is 0 Å². The van der Waals surface area contributed by atoms with Crippen molar-refractivity contribution in [1.82, 2.24) is 0 Å². The maximum Gasteiger partial charge on any atom is 0.233 e. The molecule has 1 aliphatic carbocycles.